The molecule has 0 aromatic heterocycles. The Balaban J connectivity index is 2.39. The lowest BCUT2D eigenvalue weighted by Gasteiger charge is -2.29. The summed E-state index contributed by atoms with van der Waals surface area (Å²) in [6.07, 6.45) is 8.30. The van der Waals surface area contributed by atoms with Gasteiger partial charge in [0.15, 0.2) is 0 Å². The Morgan fingerprint density at radius 2 is 2.12 bits per heavy atom. The number of ether oxygens (including phenoxy) is 1. The maximum absolute atomic E-state index is 11.1. The van der Waals surface area contributed by atoms with Crippen LogP contribution in [0.1, 0.15) is 38.5 Å². The van der Waals surface area contributed by atoms with Gasteiger partial charge in [0.05, 0.1) is 6.61 Å². The molecule has 17 heavy (non-hydrogen) atoms. The molecule has 0 spiro atoms. The molecule has 1 rings (SSSR count). The largest absolute Gasteiger partial charge is 0.478 e. The zero-order valence-electron chi connectivity index (χ0n) is 10.5. The third kappa shape index (κ3) is 4.85. The van der Waals surface area contributed by atoms with Crippen molar-refractivity contribution in [1.29, 1.82) is 0 Å². The molecule has 1 saturated carbocycles. The smallest absolute Gasteiger partial charge is 0.351 e. The van der Waals surface area contributed by atoms with E-state index in [2.05, 4.69) is 0 Å². The minimum absolute atomic E-state index is 0.357. The first-order chi connectivity index (χ1) is 8.08. The van der Waals surface area contributed by atoms with Crippen molar-refractivity contribution in [2.24, 2.45) is 11.7 Å². The predicted octanol–water partition coefficient (Wildman–Crippen LogP) is 2.08. The van der Waals surface area contributed by atoms with Crippen LogP contribution in [0.2, 0.25) is 0 Å². The van der Waals surface area contributed by atoms with Crippen molar-refractivity contribution in [2.75, 3.05) is 18.6 Å². The summed E-state index contributed by atoms with van der Waals surface area (Å²) < 4.78 is 5.50. The molecule has 0 aromatic carbocycles. The average molecular weight is 261 g/mol. The molecule has 0 saturated heterocycles. The van der Waals surface area contributed by atoms with Gasteiger partial charge in [0, 0.05) is 6.42 Å². The molecule has 0 aliphatic heterocycles. The first kappa shape index (κ1) is 14.8. The Morgan fingerprint density at radius 3 is 2.65 bits per heavy atom. The third-order valence-electron chi connectivity index (χ3n) is 3.34. The number of hydrogen-bond acceptors (Lipinski definition) is 4. The van der Waals surface area contributed by atoms with Gasteiger partial charge in [-0.25, -0.2) is 4.79 Å². The van der Waals surface area contributed by atoms with Crippen LogP contribution in [-0.4, -0.2) is 35.4 Å². The highest BCUT2D eigenvalue weighted by Crippen LogP contribution is 2.25. The lowest BCUT2D eigenvalue weighted by atomic mass is 9.90. The van der Waals surface area contributed by atoms with Crippen LogP contribution in [-0.2, 0) is 9.53 Å². The molecule has 0 amide bonds. The summed E-state index contributed by atoms with van der Waals surface area (Å²) in [6.45, 7) is 0.483. The summed E-state index contributed by atoms with van der Waals surface area (Å²) in [7, 11) is 0. The van der Waals surface area contributed by atoms with E-state index >= 15 is 0 Å². The number of carbonyl (C=O) groups is 1. The molecule has 0 aromatic rings. The van der Waals surface area contributed by atoms with Gasteiger partial charge in [-0.3, -0.25) is 5.73 Å². The van der Waals surface area contributed by atoms with Crippen LogP contribution in [0.25, 0.3) is 0 Å². The minimum atomic E-state index is -1.50. The van der Waals surface area contributed by atoms with E-state index in [4.69, 9.17) is 15.6 Å². The van der Waals surface area contributed by atoms with Crippen LogP contribution >= 0.6 is 11.8 Å². The van der Waals surface area contributed by atoms with Crippen molar-refractivity contribution in [3.63, 3.8) is 0 Å². The average Bonchev–Trinajstić information content (AvgIpc) is 2.35. The molecular formula is C12H23NO3S. The van der Waals surface area contributed by atoms with E-state index in [1.807, 2.05) is 6.26 Å². The normalized spacial score (nSPS) is 21.1. The standard InChI is InChI=1S/C12H23NO3S/c1-17-8-7-12(13,11(14)15)16-9-10-5-3-2-4-6-10/h10H,2-9,13H2,1H3,(H,14,15). The summed E-state index contributed by atoms with van der Waals surface area (Å²) in [4.78, 5) is 11.1. The van der Waals surface area contributed by atoms with E-state index in [0.717, 1.165) is 12.8 Å². The van der Waals surface area contributed by atoms with Crippen LogP contribution < -0.4 is 5.73 Å². The van der Waals surface area contributed by atoms with Gasteiger partial charge in [-0.2, -0.15) is 11.8 Å². The number of thioether (sulfide) groups is 1. The summed E-state index contributed by atoms with van der Waals surface area (Å²) in [5.74, 6) is 0.135. The molecule has 0 bridgehead atoms. The summed E-state index contributed by atoms with van der Waals surface area (Å²) in [5, 5.41) is 9.13. The molecule has 100 valence electrons. The fourth-order valence-electron chi connectivity index (χ4n) is 2.11. The fraction of sp³-hybridized carbons (Fsp3) is 0.917. The molecule has 5 heteroatoms. The topological polar surface area (TPSA) is 72.5 Å². The number of rotatable bonds is 7. The van der Waals surface area contributed by atoms with E-state index in [-0.39, 0.29) is 0 Å². The van der Waals surface area contributed by atoms with Gasteiger partial charge >= 0.3 is 5.97 Å². The SMILES string of the molecule is CSCCC(N)(OCC1CCCCC1)C(=O)O. The molecule has 3 N–H and O–H groups in total. The first-order valence-electron chi connectivity index (χ1n) is 6.23. The number of carboxylic acid groups (broad SMARTS) is 1. The van der Waals surface area contributed by atoms with Gasteiger partial charge in [0.25, 0.3) is 0 Å². The monoisotopic (exact) mass is 261 g/mol. The summed E-state index contributed by atoms with van der Waals surface area (Å²) >= 11 is 1.58. The van der Waals surface area contributed by atoms with Crippen LogP contribution in [0, 0.1) is 5.92 Å². The lowest BCUT2D eigenvalue weighted by molar-refractivity contribution is -0.168. The molecule has 1 unspecified atom stereocenters. The second kappa shape index (κ2) is 7.24. The van der Waals surface area contributed by atoms with Crippen molar-refractivity contribution in [2.45, 2.75) is 44.2 Å². The molecule has 1 aliphatic rings. The maximum Gasteiger partial charge on any atom is 0.351 e. The van der Waals surface area contributed by atoms with E-state index < -0.39 is 11.7 Å². The Morgan fingerprint density at radius 1 is 1.47 bits per heavy atom. The lowest BCUT2D eigenvalue weighted by Crippen LogP contribution is -2.51. The molecule has 0 heterocycles. The van der Waals surface area contributed by atoms with E-state index in [1.54, 1.807) is 11.8 Å². The quantitative estimate of drug-likeness (QED) is 0.686. The maximum atomic E-state index is 11.1. The van der Waals surface area contributed by atoms with E-state index in [1.165, 1.54) is 19.3 Å². The highest BCUT2D eigenvalue weighted by molar-refractivity contribution is 7.98. The van der Waals surface area contributed by atoms with Crippen LogP contribution in [0.5, 0.6) is 0 Å². The second-order valence-electron chi connectivity index (χ2n) is 4.75. The van der Waals surface area contributed by atoms with Gasteiger partial charge in [-0.1, -0.05) is 19.3 Å². The highest BCUT2D eigenvalue weighted by Gasteiger charge is 2.35. The predicted molar refractivity (Wildman–Crippen MR) is 70.1 cm³/mol. The molecule has 4 nitrogen and oxygen atoms in total. The Bertz CT molecular complexity index is 244. The Hall–Kier alpha value is -0.260. The van der Waals surface area contributed by atoms with Crippen LogP contribution in [0.4, 0.5) is 0 Å². The van der Waals surface area contributed by atoms with Crippen molar-refractivity contribution in [3.05, 3.63) is 0 Å². The molecular weight excluding hydrogens is 238 g/mol. The zero-order valence-corrected chi connectivity index (χ0v) is 11.3. The van der Waals surface area contributed by atoms with Crippen molar-refractivity contribution >= 4 is 17.7 Å². The van der Waals surface area contributed by atoms with Gasteiger partial charge < -0.3 is 9.84 Å². The Labute approximate surface area is 107 Å². The zero-order chi connectivity index (χ0) is 12.7. The number of carboxylic acids is 1. The molecule has 1 atom stereocenters. The molecule has 0 radical (unpaired) electrons. The number of nitrogens with two attached hydrogens (primary N) is 1. The summed E-state index contributed by atoms with van der Waals surface area (Å²) in [6, 6.07) is 0. The summed E-state index contributed by atoms with van der Waals surface area (Å²) in [5.41, 5.74) is 4.31. The van der Waals surface area contributed by atoms with Crippen molar-refractivity contribution in [3.8, 4) is 0 Å². The third-order valence-corrected chi connectivity index (χ3v) is 3.95. The van der Waals surface area contributed by atoms with Gasteiger partial charge in [-0.15, -0.1) is 0 Å². The minimum Gasteiger partial charge on any atom is -0.478 e. The number of aliphatic carboxylic acids is 1. The first-order valence-corrected chi connectivity index (χ1v) is 7.63. The number of hydrogen-bond donors (Lipinski definition) is 2. The molecule has 1 aliphatic carbocycles. The van der Waals surface area contributed by atoms with Crippen LogP contribution in [0.15, 0.2) is 0 Å². The van der Waals surface area contributed by atoms with Crippen molar-refractivity contribution < 1.29 is 14.6 Å². The second-order valence-corrected chi connectivity index (χ2v) is 5.74. The Kier molecular flexibility index (Phi) is 6.30. The fourth-order valence-corrected chi connectivity index (χ4v) is 2.62. The van der Waals surface area contributed by atoms with E-state index in [0.29, 0.717) is 24.7 Å². The van der Waals surface area contributed by atoms with Gasteiger partial charge in [0.2, 0.25) is 5.72 Å². The molecule has 1 fully saturated rings. The van der Waals surface area contributed by atoms with E-state index in [9.17, 15) is 4.79 Å². The van der Waals surface area contributed by atoms with Gasteiger partial charge in [0.1, 0.15) is 0 Å². The van der Waals surface area contributed by atoms with Gasteiger partial charge in [-0.05, 0) is 30.8 Å². The van der Waals surface area contributed by atoms with Crippen LogP contribution in [0.3, 0.4) is 0 Å². The highest BCUT2D eigenvalue weighted by atomic mass is 32.2. The van der Waals surface area contributed by atoms with Crippen molar-refractivity contribution in [1.82, 2.24) is 0 Å².